The molecule has 0 radical (unpaired) electrons. The third kappa shape index (κ3) is 12.2. The van der Waals surface area contributed by atoms with E-state index in [1.807, 2.05) is 54.6 Å². The van der Waals surface area contributed by atoms with Crippen LogP contribution in [0, 0.1) is 17.2 Å². The van der Waals surface area contributed by atoms with Gasteiger partial charge in [-0.3, -0.25) is 33.6 Å². The molecule has 2 fully saturated rings. The number of ether oxygens (including phenoxy) is 6. The van der Waals surface area contributed by atoms with Crippen LogP contribution >= 0.6 is 7.29 Å². The Morgan fingerprint density at radius 1 is 0.737 bits per heavy atom. The van der Waals surface area contributed by atoms with E-state index in [9.17, 15) is 37.6 Å². The highest BCUT2D eigenvalue weighted by molar-refractivity contribution is 7.62. The predicted octanol–water partition coefficient (Wildman–Crippen LogP) is 6.81. The van der Waals surface area contributed by atoms with Gasteiger partial charge in [-0.2, -0.15) is 18.4 Å². The molecular formula is C53H64F4N7O11P. The van der Waals surface area contributed by atoms with Gasteiger partial charge in [0.2, 0.25) is 0 Å². The molecule has 2 N–H and O–H groups in total. The summed E-state index contributed by atoms with van der Waals surface area (Å²) in [5, 5.41) is 9.85. The van der Waals surface area contributed by atoms with E-state index in [0.717, 1.165) is 32.4 Å². The van der Waals surface area contributed by atoms with Gasteiger partial charge in [0.05, 0.1) is 51.7 Å². The first-order valence-corrected chi connectivity index (χ1v) is 26.6. The molecule has 2 saturated heterocycles. The van der Waals surface area contributed by atoms with Crippen LogP contribution in [0.2, 0.25) is 0 Å². The number of halogens is 4. The number of aromatic nitrogens is 4. The van der Waals surface area contributed by atoms with Crippen molar-refractivity contribution in [2.45, 2.75) is 107 Å². The van der Waals surface area contributed by atoms with Gasteiger partial charge in [0.1, 0.15) is 23.2 Å². The first-order chi connectivity index (χ1) is 36.2. The van der Waals surface area contributed by atoms with Gasteiger partial charge in [-0.25, -0.2) is 18.6 Å². The summed E-state index contributed by atoms with van der Waals surface area (Å²) in [5.74, 6) is -0.170. The van der Waals surface area contributed by atoms with Crippen LogP contribution in [-0.2, 0) is 29.1 Å². The van der Waals surface area contributed by atoms with Crippen LogP contribution in [-0.4, -0.2) is 131 Å². The van der Waals surface area contributed by atoms with Crippen molar-refractivity contribution >= 4 is 7.29 Å². The van der Waals surface area contributed by atoms with Crippen molar-refractivity contribution in [3.05, 3.63) is 162 Å². The number of nitrogens with one attached hydrogen (secondary N) is 2. The molecule has 0 aliphatic carbocycles. The molecule has 76 heavy (non-hydrogen) atoms. The lowest BCUT2D eigenvalue weighted by Gasteiger charge is -2.44. The fourth-order valence-electron chi connectivity index (χ4n) is 10.7. The number of methoxy groups -OCH3 is 3. The lowest BCUT2D eigenvalue weighted by molar-refractivity contribution is -0.151. The summed E-state index contributed by atoms with van der Waals surface area (Å²) in [6.45, 7) is 3.95. The number of rotatable bonds is 23. The van der Waals surface area contributed by atoms with Crippen molar-refractivity contribution in [3.63, 3.8) is 0 Å². The van der Waals surface area contributed by atoms with Crippen LogP contribution in [0.15, 0.2) is 123 Å². The van der Waals surface area contributed by atoms with Crippen LogP contribution in [0.1, 0.15) is 69.7 Å². The Labute approximate surface area is 436 Å². The van der Waals surface area contributed by atoms with Crippen molar-refractivity contribution in [3.8, 4) is 17.6 Å². The van der Waals surface area contributed by atoms with Gasteiger partial charge in [-0.1, -0.05) is 82.3 Å². The summed E-state index contributed by atoms with van der Waals surface area (Å²) in [6.07, 6.45) is -11.9. The van der Waals surface area contributed by atoms with E-state index >= 15 is 8.96 Å². The van der Waals surface area contributed by atoms with Crippen molar-refractivity contribution in [1.82, 2.24) is 28.7 Å². The molecule has 5 aromatic rings. The summed E-state index contributed by atoms with van der Waals surface area (Å²) in [6, 6.07) is 26.5. The molecule has 23 heteroatoms. The first-order valence-electron chi connectivity index (χ1n) is 24.8. The van der Waals surface area contributed by atoms with E-state index in [-0.39, 0.29) is 19.4 Å². The number of benzene rings is 3. The number of hydrogen-bond donors (Lipinski definition) is 2. The third-order valence-corrected chi connectivity index (χ3v) is 18.5. The molecule has 0 unspecified atom stereocenters. The molecule has 0 amide bonds. The number of nitriles is 1. The predicted molar refractivity (Wildman–Crippen MR) is 274 cm³/mol. The molecule has 7 rings (SSSR count). The fraction of sp³-hybridized carbons (Fsp3) is 0.491. The second-order valence-electron chi connectivity index (χ2n) is 19.3. The zero-order valence-electron chi connectivity index (χ0n) is 43.2. The molecular weight excluding hydrogens is 1020 g/mol. The maximum atomic E-state index is 17.5. The zero-order chi connectivity index (χ0) is 55.1. The van der Waals surface area contributed by atoms with Gasteiger partial charge in [0.15, 0.2) is 25.9 Å². The SMILES string of the molecule is COc1ccc(C(OC[C@H]2O[C@@H](n3ccc(=O)[nH]c3=O)[C@H](F)[C@@H]2CCN(C[C@H]2O[C@@H](n3ccc(=O)[nH]c3=O)[C@H](OC)[C@@H]2N(CCC#N)P(=O)(C(C)C)C(C)C)CC(F)(F)F)(c2ccccc2)c2ccc(OC)cc2)cc1. The summed E-state index contributed by atoms with van der Waals surface area (Å²) in [5.41, 5.74) is -3.97. The third-order valence-electron chi connectivity index (χ3n) is 14.2. The minimum atomic E-state index is -4.84. The largest absolute Gasteiger partial charge is 0.497 e. The van der Waals surface area contributed by atoms with Crippen molar-refractivity contribution in [1.29, 1.82) is 5.26 Å². The number of hydrogen-bond acceptors (Lipinski definition) is 13. The Kier molecular flexibility index (Phi) is 18.5. The average molecular weight is 1080 g/mol. The number of H-pyrrole nitrogens is 2. The Balaban J connectivity index is 1.31. The van der Waals surface area contributed by atoms with Gasteiger partial charge < -0.3 is 33.0 Å². The second kappa shape index (κ2) is 24.4. The van der Waals surface area contributed by atoms with E-state index < -0.39 is 128 Å². The lowest BCUT2D eigenvalue weighted by atomic mass is 9.80. The molecule has 0 spiro atoms. The Bertz CT molecular complexity index is 3000. The van der Waals surface area contributed by atoms with E-state index in [0.29, 0.717) is 28.2 Å². The Morgan fingerprint density at radius 3 is 1.72 bits per heavy atom. The van der Waals surface area contributed by atoms with Crippen LogP contribution < -0.4 is 32.0 Å². The summed E-state index contributed by atoms with van der Waals surface area (Å²) in [4.78, 5) is 56.3. The molecule has 2 aliphatic heterocycles. The minimum absolute atomic E-state index is 0.102. The van der Waals surface area contributed by atoms with Crippen LogP contribution in [0.3, 0.4) is 0 Å². The van der Waals surface area contributed by atoms with Crippen LogP contribution in [0.25, 0.3) is 0 Å². The maximum absolute atomic E-state index is 17.5. The van der Waals surface area contributed by atoms with Gasteiger partial charge in [-0.05, 0) is 53.9 Å². The molecule has 18 nitrogen and oxygen atoms in total. The number of alkyl halides is 4. The zero-order valence-corrected chi connectivity index (χ0v) is 44.1. The first kappa shape index (κ1) is 57.5. The lowest BCUT2D eigenvalue weighted by Crippen LogP contribution is -2.53. The van der Waals surface area contributed by atoms with Crippen LogP contribution in [0.4, 0.5) is 17.6 Å². The highest BCUT2D eigenvalue weighted by Crippen LogP contribution is 2.61. The number of aromatic amines is 2. The molecule has 0 bridgehead atoms. The Morgan fingerprint density at radius 2 is 1.25 bits per heavy atom. The molecule has 3 aromatic carbocycles. The van der Waals surface area contributed by atoms with Crippen molar-refractivity contribution in [2.75, 3.05) is 54.1 Å². The van der Waals surface area contributed by atoms with E-state index in [2.05, 4.69) is 16.0 Å². The van der Waals surface area contributed by atoms with E-state index in [4.69, 9.17) is 28.4 Å². The van der Waals surface area contributed by atoms with Crippen molar-refractivity contribution in [2.24, 2.45) is 5.92 Å². The maximum Gasteiger partial charge on any atom is 0.401 e. The topological polar surface area (TPSA) is 212 Å². The summed E-state index contributed by atoms with van der Waals surface area (Å²) >= 11 is 0. The minimum Gasteiger partial charge on any atom is -0.497 e. The van der Waals surface area contributed by atoms with E-state index in [1.54, 1.807) is 56.6 Å². The molecule has 8 atom stereocenters. The van der Waals surface area contributed by atoms with Gasteiger partial charge in [-0.15, -0.1) is 0 Å². The Hall–Kier alpha value is -6.18. The van der Waals surface area contributed by atoms with E-state index in [1.165, 1.54) is 27.5 Å². The van der Waals surface area contributed by atoms with Gasteiger partial charge >= 0.3 is 17.6 Å². The summed E-state index contributed by atoms with van der Waals surface area (Å²) < 4.78 is 118. The molecule has 2 aromatic heterocycles. The molecule has 0 saturated carbocycles. The highest BCUT2D eigenvalue weighted by atomic mass is 31.2. The normalized spacial score (nSPS) is 22.2. The average Bonchev–Trinajstić information content (AvgIpc) is 3.92. The van der Waals surface area contributed by atoms with Crippen molar-refractivity contribution < 1.29 is 50.5 Å². The molecule has 410 valence electrons. The fourth-order valence-corrected chi connectivity index (χ4v) is 14.2. The molecule has 4 heterocycles. The molecule has 2 aliphatic rings. The number of nitrogens with zero attached hydrogens (tertiary/aromatic N) is 5. The standard InChI is InChI=1S/C53H64F4N7O11P/c1-33(2)76(69,34(3)4)64(26-11-25-58)46-41(74-49(47(46)72-7)63-29-24-44(66)60-51(63)68)30-61(32-52(55,56)57)27-22-40-42(75-48(45(40)54)62-28-23-43(65)59-50(62)67)31-73-53(35-12-9-8-10-13-35,36-14-18-38(70-5)19-15-36)37-16-20-39(71-6)21-17-37/h8-10,12-21,23-24,28-29,33-34,40-42,45-49H,11,22,26-27,30-32H2,1-7H3,(H,59,65,67)(H,60,66,68)/t40-,41-,42-,45-,46-,47-,48-,49-/m1/s1. The van der Waals surface area contributed by atoms with Crippen LogP contribution in [0.5, 0.6) is 11.5 Å². The second-order valence-corrected chi connectivity index (χ2v) is 23.3. The van der Waals surface area contributed by atoms with Gasteiger partial charge in [0.25, 0.3) is 11.1 Å². The summed E-state index contributed by atoms with van der Waals surface area (Å²) in [7, 11) is 0.800. The van der Waals surface area contributed by atoms with Gasteiger partial charge in [0, 0.05) is 68.4 Å². The quantitative estimate of drug-likeness (QED) is 0.0391. The smallest absolute Gasteiger partial charge is 0.401 e. The monoisotopic (exact) mass is 1080 g/mol. The highest BCUT2D eigenvalue weighted by Gasteiger charge is 2.55.